The van der Waals surface area contributed by atoms with Crippen molar-refractivity contribution in [2.24, 2.45) is 0 Å². The molecule has 0 radical (unpaired) electrons. The van der Waals surface area contributed by atoms with Crippen LogP contribution in [0.1, 0.15) is 37.4 Å². The van der Waals surface area contributed by atoms with Crippen LogP contribution in [0.5, 0.6) is 17.2 Å². The molecule has 182 valence electrons. The van der Waals surface area contributed by atoms with Crippen molar-refractivity contribution in [1.82, 2.24) is 4.90 Å². The Kier molecular flexibility index (Phi) is 8.17. The van der Waals surface area contributed by atoms with E-state index < -0.39 is 17.7 Å². The minimum atomic E-state index is -0.829. The molecule has 1 fully saturated rings. The molecule has 2 aromatic carbocycles. The number of methoxy groups -OCH3 is 3. The monoisotopic (exact) mass is 469 g/mol. The second-order valence-corrected chi connectivity index (χ2v) is 8.14. The zero-order valence-electron chi connectivity index (χ0n) is 20.2. The molecular formula is C26H31NO7. The van der Waals surface area contributed by atoms with E-state index in [1.165, 1.54) is 19.1 Å². The number of aliphatic hydroxyl groups excluding tert-OH is 1. The highest BCUT2D eigenvalue weighted by atomic mass is 16.5. The number of likely N-dealkylation sites (tertiary alicyclic amines) is 1. The van der Waals surface area contributed by atoms with Gasteiger partial charge in [-0.2, -0.15) is 0 Å². The van der Waals surface area contributed by atoms with Gasteiger partial charge in [0.2, 0.25) is 0 Å². The van der Waals surface area contributed by atoms with Crippen LogP contribution in [0.2, 0.25) is 0 Å². The van der Waals surface area contributed by atoms with Gasteiger partial charge in [-0.25, -0.2) is 0 Å². The standard InChI is InChI=1S/C26H31NO7/c1-16(2)34-18-9-7-17(8-10-18)24(28)22-23(20-12-11-19(32-4)15-21(20)33-5)27(13-6-14-31-3)26(30)25(22)29/h7-12,15-16,23,28H,6,13-14H2,1-5H3/b24-22+. The zero-order chi connectivity index (χ0) is 24.8. The number of benzene rings is 2. The van der Waals surface area contributed by atoms with Gasteiger partial charge in [0.1, 0.15) is 23.0 Å². The van der Waals surface area contributed by atoms with Crippen molar-refractivity contribution in [3.63, 3.8) is 0 Å². The van der Waals surface area contributed by atoms with Gasteiger partial charge in [0.15, 0.2) is 0 Å². The van der Waals surface area contributed by atoms with Crippen LogP contribution in [0.15, 0.2) is 48.0 Å². The number of ketones is 1. The predicted molar refractivity (Wildman–Crippen MR) is 127 cm³/mol. The quantitative estimate of drug-likeness (QED) is 0.244. The van der Waals surface area contributed by atoms with Gasteiger partial charge in [-0.1, -0.05) is 0 Å². The fourth-order valence-corrected chi connectivity index (χ4v) is 3.98. The lowest BCUT2D eigenvalue weighted by Gasteiger charge is -2.26. The number of hydrogen-bond donors (Lipinski definition) is 1. The Labute approximate surface area is 199 Å². The lowest BCUT2D eigenvalue weighted by atomic mass is 9.94. The van der Waals surface area contributed by atoms with E-state index in [1.807, 2.05) is 13.8 Å². The molecule has 34 heavy (non-hydrogen) atoms. The molecule has 8 heteroatoms. The summed E-state index contributed by atoms with van der Waals surface area (Å²) in [7, 11) is 4.62. The first kappa shape index (κ1) is 25.1. The molecule has 1 unspecified atom stereocenters. The van der Waals surface area contributed by atoms with E-state index in [4.69, 9.17) is 18.9 Å². The molecule has 2 aromatic rings. The number of aliphatic hydroxyl groups is 1. The minimum absolute atomic E-state index is 0.000547. The SMILES string of the molecule is COCCCN1C(=O)C(=O)/C(=C(/O)c2ccc(OC(C)C)cc2)C1c1ccc(OC)cc1OC. The lowest BCUT2D eigenvalue weighted by molar-refractivity contribution is -0.140. The van der Waals surface area contributed by atoms with Crippen molar-refractivity contribution in [3.05, 3.63) is 59.2 Å². The molecule has 1 atom stereocenters. The number of amides is 1. The number of rotatable bonds is 10. The normalized spacial score (nSPS) is 17.4. The van der Waals surface area contributed by atoms with Gasteiger partial charge < -0.3 is 29.0 Å². The highest BCUT2D eigenvalue weighted by Gasteiger charge is 2.46. The van der Waals surface area contributed by atoms with Gasteiger partial charge in [0.05, 0.1) is 31.9 Å². The third-order valence-corrected chi connectivity index (χ3v) is 5.52. The maximum absolute atomic E-state index is 13.2. The first-order valence-corrected chi connectivity index (χ1v) is 11.1. The molecule has 1 aliphatic rings. The van der Waals surface area contributed by atoms with Crippen molar-refractivity contribution in [2.45, 2.75) is 32.4 Å². The summed E-state index contributed by atoms with van der Waals surface area (Å²) < 4.78 is 21.6. The molecule has 1 heterocycles. The van der Waals surface area contributed by atoms with Crippen molar-refractivity contribution in [2.75, 3.05) is 34.5 Å². The maximum atomic E-state index is 13.2. The fourth-order valence-electron chi connectivity index (χ4n) is 3.98. The third-order valence-electron chi connectivity index (χ3n) is 5.52. The van der Waals surface area contributed by atoms with E-state index in [2.05, 4.69) is 0 Å². The highest BCUT2D eigenvalue weighted by molar-refractivity contribution is 6.46. The van der Waals surface area contributed by atoms with Crippen LogP contribution in [0.25, 0.3) is 5.76 Å². The average Bonchev–Trinajstić information content (AvgIpc) is 3.08. The Bertz CT molecular complexity index is 1060. The van der Waals surface area contributed by atoms with E-state index >= 15 is 0 Å². The molecule has 1 N–H and O–H groups in total. The molecule has 1 amide bonds. The largest absolute Gasteiger partial charge is 0.507 e. The van der Waals surface area contributed by atoms with Gasteiger partial charge in [0, 0.05) is 37.5 Å². The Hall–Kier alpha value is -3.52. The molecule has 3 rings (SSSR count). The number of carbonyl (C=O) groups is 2. The first-order chi connectivity index (χ1) is 16.3. The van der Waals surface area contributed by atoms with Crippen LogP contribution in [0.3, 0.4) is 0 Å². The highest BCUT2D eigenvalue weighted by Crippen LogP contribution is 2.43. The molecule has 8 nitrogen and oxygen atoms in total. The molecule has 0 bridgehead atoms. The van der Waals surface area contributed by atoms with E-state index in [-0.39, 0.29) is 24.0 Å². The summed E-state index contributed by atoms with van der Waals surface area (Å²) in [4.78, 5) is 27.6. The Morgan fingerprint density at radius 1 is 1.00 bits per heavy atom. The summed E-state index contributed by atoms with van der Waals surface area (Å²) in [5.41, 5.74) is 0.980. The minimum Gasteiger partial charge on any atom is -0.507 e. The summed E-state index contributed by atoms with van der Waals surface area (Å²) in [6.07, 6.45) is 0.527. The van der Waals surface area contributed by atoms with Crippen molar-refractivity contribution in [3.8, 4) is 17.2 Å². The van der Waals surface area contributed by atoms with Gasteiger partial charge in [-0.15, -0.1) is 0 Å². The third kappa shape index (κ3) is 5.17. The summed E-state index contributed by atoms with van der Waals surface area (Å²) in [5, 5.41) is 11.2. The van der Waals surface area contributed by atoms with E-state index in [1.54, 1.807) is 49.6 Å². The van der Waals surface area contributed by atoms with Crippen molar-refractivity contribution < 1.29 is 33.6 Å². The Morgan fingerprint density at radius 3 is 2.26 bits per heavy atom. The molecule has 0 saturated carbocycles. The lowest BCUT2D eigenvalue weighted by Crippen LogP contribution is -2.31. The predicted octanol–water partition coefficient (Wildman–Crippen LogP) is 3.95. The Balaban J connectivity index is 2.13. The van der Waals surface area contributed by atoms with Gasteiger partial charge in [-0.05, 0) is 56.7 Å². The topological polar surface area (TPSA) is 94.5 Å². The van der Waals surface area contributed by atoms with Crippen molar-refractivity contribution in [1.29, 1.82) is 0 Å². The second kappa shape index (κ2) is 11.1. The zero-order valence-corrected chi connectivity index (χ0v) is 20.2. The van der Waals surface area contributed by atoms with Gasteiger partial charge in [-0.3, -0.25) is 9.59 Å². The van der Waals surface area contributed by atoms with Crippen LogP contribution in [0.4, 0.5) is 0 Å². The van der Waals surface area contributed by atoms with E-state index in [9.17, 15) is 14.7 Å². The van der Waals surface area contributed by atoms with Gasteiger partial charge >= 0.3 is 0 Å². The summed E-state index contributed by atoms with van der Waals surface area (Å²) >= 11 is 0. The summed E-state index contributed by atoms with van der Waals surface area (Å²) in [6, 6.07) is 11.1. The number of ether oxygens (including phenoxy) is 4. The molecule has 1 aliphatic heterocycles. The maximum Gasteiger partial charge on any atom is 0.295 e. The van der Waals surface area contributed by atoms with E-state index in [0.29, 0.717) is 41.4 Å². The first-order valence-electron chi connectivity index (χ1n) is 11.1. The summed E-state index contributed by atoms with van der Waals surface area (Å²) in [6.45, 7) is 4.53. The van der Waals surface area contributed by atoms with Gasteiger partial charge in [0.25, 0.3) is 11.7 Å². The smallest absolute Gasteiger partial charge is 0.295 e. The van der Waals surface area contributed by atoms with Crippen LogP contribution in [0, 0.1) is 0 Å². The Morgan fingerprint density at radius 2 is 1.68 bits per heavy atom. The van der Waals surface area contributed by atoms with E-state index in [0.717, 1.165) is 0 Å². The molecule has 0 aromatic heterocycles. The number of Topliss-reactive ketones (excluding diaryl/α,β-unsaturated/α-hetero) is 1. The molecular weight excluding hydrogens is 438 g/mol. The number of hydrogen-bond acceptors (Lipinski definition) is 7. The number of nitrogens with zero attached hydrogens (tertiary/aromatic N) is 1. The van der Waals surface area contributed by atoms with Crippen LogP contribution in [-0.2, 0) is 14.3 Å². The van der Waals surface area contributed by atoms with Crippen LogP contribution >= 0.6 is 0 Å². The average molecular weight is 470 g/mol. The van der Waals surface area contributed by atoms with Crippen molar-refractivity contribution >= 4 is 17.4 Å². The molecule has 0 aliphatic carbocycles. The molecule has 0 spiro atoms. The summed E-state index contributed by atoms with van der Waals surface area (Å²) in [5.74, 6) is -0.0423. The molecule has 1 saturated heterocycles. The van der Waals surface area contributed by atoms with Crippen LogP contribution in [-0.4, -0.2) is 62.3 Å². The van der Waals surface area contributed by atoms with Crippen LogP contribution < -0.4 is 14.2 Å². The number of carbonyl (C=O) groups excluding carboxylic acids is 2. The second-order valence-electron chi connectivity index (χ2n) is 8.14. The fraction of sp³-hybridized carbons (Fsp3) is 0.385.